The maximum Gasteiger partial charge on any atom is 0.109 e. The average molecular weight is 294 g/mol. The van der Waals surface area contributed by atoms with Gasteiger partial charge >= 0.3 is 0 Å². The Morgan fingerprint density at radius 2 is 2.10 bits per heavy atom. The maximum atomic E-state index is 9.55. The summed E-state index contributed by atoms with van der Waals surface area (Å²) in [6.45, 7) is 7.50. The van der Waals surface area contributed by atoms with Crippen LogP contribution < -0.4 is 5.32 Å². The van der Waals surface area contributed by atoms with Crippen molar-refractivity contribution in [2.75, 3.05) is 6.54 Å². The topological polar surface area (TPSA) is 45.0 Å². The predicted octanol–water partition coefficient (Wildman–Crippen LogP) is 4.57. The van der Waals surface area contributed by atoms with Crippen molar-refractivity contribution in [3.05, 3.63) is 0 Å². The van der Waals surface area contributed by atoms with Gasteiger partial charge in [-0.05, 0) is 45.6 Å². The number of ether oxygens (including phenoxy) is 1. The summed E-state index contributed by atoms with van der Waals surface area (Å²) < 4.78 is 6.22. The van der Waals surface area contributed by atoms with Gasteiger partial charge in [0.15, 0.2) is 0 Å². The summed E-state index contributed by atoms with van der Waals surface area (Å²) in [5.74, 6) is 0. The van der Waals surface area contributed by atoms with Crippen LogP contribution >= 0.6 is 0 Å². The minimum absolute atomic E-state index is 0.254. The lowest BCUT2D eigenvalue weighted by atomic mass is 9.81. The predicted molar refractivity (Wildman–Crippen MR) is 88.2 cm³/mol. The summed E-state index contributed by atoms with van der Waals surface area (Å²) in [4.78, 5) is 0. The Morgan fingerprint density at radius 3 is 2.76 bits per heavy atom. The molecule has 0 aromatic carbocycles. The molecule has 3 nitrogen and oxygen atoms in total. The molecule has 3 heteroatoms. The van der Waals surface area contributed by atoms with Crippen LogP contribution in [0.5, 0.6) is 0 Å². The molecule has 122 valence electrons. The van der Waals surface area contributed by atoms with Gasteiger partial charge in [-0.25, -0.2) is 0 Å². The summed E-state index contributed by atoms with van der Waals surface area (Å²) >= 11 is 0. The minimum Gasteiger partial charge on any atom is -0.375 e. The second kappa shape index (κ2) is 10.2. The Kier molecular flexibility index (Phi) is 8.96. The molecule has 21 heavy (non-hydrogen) atoms. The van der Waals surface area contributed by atoms with E-state index in [4.69, 9.17) is 4.74 Å². The van der Waals surface area contributed by atoms with Crippen molar-refractivity contribution in [2.24, 2.45) is 0 Å². The lowest BCUT2D eigenvalue weighted by Crippen LogP contribution is -2.50. The molecule has 1 N–H and O–H groups in total. The largest absolute Gasteiger partial charge is 0.375 e. The number of unbranched alkanes of at least 4 members (excludes halogenated alkanes) is 3. The molecule has 0 spiro atoms. The second-order valence-electron chi connectivity index (χ2n) is 6.64. The van der Waals surface area contributed by atoms with Gasteiger partial charge in [0, 0.05) is 6.42 Å². The Labute approximate surface area is 131 Å². The van der Waals surface area contributed by atoms with Crippen molar-refractivity contribution >= 4 is 0 Å². The number of nitrogens with one attached hydrogen (secondary N) is 1. The normalized spacial score (nSPS) is 27.2. The van der Waals surface area contributed by atoms with Crippen molar-refractivity contribution in [3.63, 3.8) is 0 Å². The van der Waals surface area contributed by atoms with Gasteiger partial charge in [0.1, 0.15) is 5.54 Å². The van der Waals surface area contributed by atoms with E-state index in [1.165, 1.54) is 25.7 Å². The number of hydrogen-bond donors (Lipinski definition) is 1. The Balaban J connectivity index is 2.36. The third-order valence-corrected chi connectivity index (χ3v) is 4.52. The van der Waals surface area contributed by atoms with Crippen LogP contribution in [0.3, 0.4) is 0 Å². The molecule has 0 amide bonds. The van der Waals surface area contributed by atoms with Crippen LogP contribution in [0, 0.1) is 11.3 Å². The van der Waals surface area contributed by atoms with Crippen LogP contribution in [0.15, 0.2) is 0 Å². The SMILES string of the molecule is CCCCCCC(C)OC1CCCC(C#N)(NCCC)C1. The maximum absolute atomic E-state index is 9.55. The molecule has 1 fully saturated rings. The monoisotopic (exact) mass is 294 g/mol. The van der Waals surface area contributed by atoms with E-state index in [-0.39, 0.29) is 11.6 Å². The number of hydrogen-bond acceptors (Lipinski definition) is 3. The van der Waals surface area contributed by atoms with Crippen LogP contribution in [0.1, 0.15) is 85.0 Å². The highest BCUT2D eigenvalue weighted by atomic mass is 16.5. The third kappa shape index (κ3) is 6.80. The fourth-order valence-corrected chi connectivity index (χ4v) is 3.26. The number of rotatable bonds is 10. The van der Waals surface area contributed by atoms with Crippen molar-refractivity contribution in [3.8, 4) is 6.07 Å². The number of nitrogens with zero attached hydrogens (tertiary/aromatic N) is 1. The molecule has 0 aromatic rings. The molecule has 3 atom stereocenters. The molecule has 0 bridgehead atoms. The van der Waals surface area contributed by atoms with Crippen molar-refractivity contribution in [1.29, 1.82) is 5.26 Å². The van der Waals surface area contributed by atoms with E-state index in [1.807, 2.05) is 0 Å². The van der Waals surface area contributed by atoms with Gasteiger partial charge in [-0.15, -0.1) is 0 Å². The summed E-state index contributed by atoms with van der Waals surface area (Å²) in [7, 11) is 0. The highest BCUT2D eigenvalue weighted by Gasteiger charge is 2.36. The van der Waals surface area contributed by atoms with Gasteiger partial charge in [0.05, 0.1) is 18.3 Å². The van der Waals surface area contributed by atoms with E-state index in [1.54, 1.807) is 0 Å². The smallest absolute Gasteiger partial charge is 0.109 e. The fourth-order valence-electron chi connectivity index (χ4n) is 3.26. The highest BCUT2D eigenvalue weighted by molar-refractivity contribution is 5.10. The molecule has 0 radical (unpaired) electrons. The van der Waals surface area contributed by atoms with Crippen molar-refractivity contribution < 1.29 is 4.74 Å². The van der Waals surface area contributed by atoms with Gasteiger partial charge in [-0.1, -0.05) is 39.5 Å². The van der Waals surface area contributed by atoms with E-state index >= 15 is 0 Å². The Bertz CT molecular complexity index is 313. The van der Waals surface area contributed by atoms with E-state index in [9.17, 15) is 5.26 Å². The molecule has 0 saturated heterocycles. The van der Waals surface area contributed by atoms with Crippen LogP contribution in [-0.4, -0.2) is 24.3 Å². The van der Waals surface area contributed by atoms with E-state index in [0.717, 1.165) is 45.1 Å². The average Bonchev–Trinajstić information content (AvgIpc) is 2.50. The molecular formula is C18H34N2O. The zero-order valence-electron chi connectivity index (χ0n) is 14.3. The molecular weight excluding hydrogens is 260 g/mol. The van der Waals surface area contributed by atoms with Crippen LogP contribution in [0.2, 0.25) is 0 Å². The summed E-state index contributed by atoms with van der Waals surface area (Å²) in [6, 6.07) is 2.52. The van der Waals surface area contributed by atoms with E-state index in [2.05, 4.69) is 32.2 Å². The second-order valence-corrected chi connectivity index (χ2v) is 6.64. The van der Waals surface area contributed by atoms with Gasteiger partial charge in [0.25, 0.3) is 0 Å². The van der Waals surface area contributed by atoms with Crippen molar-refractivity contribution in [1.82, 2.24) is 5.32 Å². The summed E-state index contributed by atoms with van der Waals surface area (Å²) in [5.41, 5.74) is -0.346. The molecule has 1 aliphatic rings. The molecule has 0 heterocycles. The van der Waals surface area contributed by atoms with E-state index in [0.29, 0.717) is 6.10 Å². The molecule has 1 saturated carbocycles. The highest BCUT2D eigenvalue weighted by Crippen LogP contribution is 2.31. The van der Waals surface area contributed by atoms with Crippen LogP contribution in [0.4, 0.5) is 0 Å². The molecule has 0 aliphatic heterocycles. The zero-order chi connectivity index (χ0) is 15.6. The standard InChI is InChI=1S/C18H34N2O/c1-4-6-7-8-10-16(3)21-17-11-9-12-18(14-17,15-19)20-13-5-2/h16-17,20H,4-14H2,1-3H3. The summed E-state index contributed by atoms with van der Waals surface area (Å²) in [5, 5.41) is 13.0. The van der Waals surface area contributed by atoms with Gasteiger partial charge in [0.2, 0.25) is 0 Å². The summed E-state index contributed by atoms with van der Waals surface area (Å²) in [6.07, 6.45) is 12.0. The first-order valence-corrected chi connectivity index (χ1v) is 8.97. The van der Waals surface area contributed by atoms with Crippen molar-refractivity contribution in [2.45, 2.75) is 103 Å². The molecule has 1 rings (SSSR count). The third-order valence-electron chi connectivity index (χ3n) is 4.52. The van der Waals surface area contributed by atoms with Crippen LogP contribution in [0.25, 0.3) is 0 Å². The van der Waals surface area contributed by atoms with E-state index < -0.39 is 0 Å². The lowest BCUT2D eigenvalue weighted by Gasteiger charge is -2.37. The quantitative estimate of drug-likeness (QED) is 0.600. The minimum atomic E-state index is -0.346. The molecule has 3 unspecified atom stereocenters. The van der Waals surface area contributed by atoms with Gasteiger partial charge in [-0.3, -0.25) is 5.32 Å². The first kappa shape index (κ1) is 18.5. The molecule has 0 aromatic heterocycles. The molecule has 1 aliphatic carbocycles. The zero-order valence-corrected chi connectivity index (χ0v) is 14.3. The fraction of sp³-hybridized carbons (Fsp3) is 0.944. The first-order valence-electron chi connectivity index (χ1n) is 8.97. The Morgan fingerprint density at radius 1 is 1.29 bits per heavy atom. The van der Waals surface area contributed by atoms with Crippen LogP contribution in [-0.2, 0) is 4.74 Å². The lowest BCUT2D eigenvalue weighted by molar-refractivity contribution is -0.0383. The Hall–Kier alpha value is -0.590. The van der Waals surface area contributed by atoms with Gasteiger partial charge < -0.3 is 4.74 Å². The first-order chi connectivity index (χ1) is 10.2. The van der Waals surface area contributed by atoms with Gasteiger partial charge in [-0.2, -0.15) is 5.26 Å². The number of nitriles is 1.